The summed E-state index contributed by atoms with van der Waals surface area (Å²) in [6, 6.07) is 60.4. The van der Waals surface area contributed by atoms with Gasteiger partial charge >= 0.3 is 0 Å². The molecule has 2 aliphatic rings. The number of rotatable bonds is 4. The molecular weight excluding hydrogens is 637 g/mol. The molecule has 2 atom stereocenters. The zero-order chi connectivity index (χ0) is 33.5. The number of thiophene rings is 1. The molecule has 1 aliphatic heterocycles. The fourth-order valence-corrected chi connectivity index (χ4v) is 9.68. The molecule has 0 amide bonds. The van der Waals surface area contributed by atoms with Crippen LogP contribution in [0.25, 0.3) is 64.4 Å². The van der Waals surface area contributed by atoms with E-state index >= 15 is 0 Å². The lowest BCUT2D eigenvalue weighted by atomic mass is 9.86. The Hall–Kier alpha value is -6.16. The summed E-state index contributed by atoms with van der Waals surface area (Å²) in [7, 11) is 0. The van der Waals surface area contributed by atoms with Crippen molar-refractivity contribution >= 4 is 70.3 Å². The van der Waals surface area contributed by atoms with Gasteiger partial charge in [0.2, 0.25) is 0 Å². The summed E-state index contributed by atoms with van der Waals surface area (Å²) in [6.07, 6.45) is 7.28. The molecule has 2 nitrogen and oxygen atoms in total. The van der Waals surface area contributed by atoms with Crippen LogP contribution in [0.4, 0.5) is 11.4 Å². The Morgan fingerprint density at radius 2 is 1.24 bits per heavy atom. The number of allylic oxidation sites excluding steroid dienone is 2. The molecule has 0 bridgehead atoms. The van der Waals surface area contributed by atoms with E-state index in [9.17, 15) is 0 Å². The lowest BCUT2D eigenvalue weighted by Gasteiger charge is -2.30. The van der Waals surface area contributed by atoms with E-state index in [0.29, 0.717) is 5.92 Å². The number of nitrogens with zero attached hydrogens (tertiary/aromatic N) is 2. The van der Waals surface area contributed by atoms with Gasteiger partial charge in [-0.1, -0.05) is 121 Å². The van der Waals surface area contributed by atoms with Gasteiger partial charge in [-0.15, -0.1) is 11.3 Å². The van der Waals surface area contributed by atoms with Gasteiger partial charge in [0.05, 0.1) is 17.1 Å². The molecule has 0 saturated carbocycles. The van der Waals surface area contributed by atoms with Crippen LogP contribution in [0.1, 0.15) is 17.0 Å². The summed E-state index contributed by atoms with van der Waals surface area (Å²) < 4.78 is 5.09. The van der Waals surface area contributed by atoms with Crippen LogP contribution in [0.5, 0.6) is 0 Å². The monoisotopic (exact) mass is 668 g/mol. The molecular formula is C48H32N2S. The van der Waals surface area contributed by atoms with Crippen molar-refractivity contribution in [3.63, 3.8) is 0 Å². The highest BCUT2D eigenvalue weighted by molar-refractivity contribution is 7.25. The second-order valence-corrected chi connectivity index (χ2v) is 14.8. The maximum Gasteiger partial charge on any atom is 0.0635 e. The Balaban J connectivity index is 1.04. The van der Waals surface area contributed by atoms with Crippen molar-refractivity contribution < 1.29 is 0 Å². The van der Waals surface area contributed by atoms with E-state index in [-0.39, 0.29) is 6.04 Å². The molecule has 2 aromatic heterocycles. The number of benzene rings is 7. The Kier molecular flexibility index (Phi) is 6.28. The van der Waals surface area contributed by atoms with Gasteiger partial charge in [-0.25, -0.2) is 0 Å². The van der Waals surface area contributed by atoms with Gasteiger partial charge in [-0.3, -0.25) is 0 Å². The number of para-hydroxylation sites is 2. The fraction of sp³-hybridized carbons (Fsp3) is 0.0417. The second kappa shape index (κ2) is 11.2. The normalized spacial score (nSPS) is 16.6. The summed E-state index contributed by atoms with van der Waals surface area (Å²) in [5.74, 6) is 0.294. The summed E-state index contributed by atoms with van der Waals surface area (Å²) in [6.45, 7) is 0. The first-order chi connectivity index (χ1) is 25.3. The highest BCUT2D eigenvalue weighted by atomic mass is 32.1. The van der Waals surface area contributed by atoms with Crippen LogP contribution in [-0.4, -0.2) is 10.6 Å². The number of aromatic nitrogens is 1. The van der Waals surface area contributed by atoms with Crippen molar-refractivity contribution in [2.45, 2.75) is 12.0 Å². The molecule has 2 unspecified atom stereocenters. The van der Waals surface area contributed by atoms with Crippen molar-refractivity contribution in [3.8, 4) is 16.8 Å². The van der Waals surface area contributed by atoms with Gasteiger partial charge < -0.3 is 9.47 Å². The van der Waals surface area contributed by atoms with E-state index in [2.05, 4.69) is 191 Å². The van der Waals surface area contributed by atoms with E-state index in [4.69, 9.17) is 0 Å². The van der Waals surface area contributed by atoms with Gasteiger partial charge in [-0.05, 0) is 88.5 Å². The molecule has 9 aromatic rings. The number of hydrogen-bond acceptors (Lipinski definition) is 2. The molecule has 0 radical (unpaired) electrons. The van der Waals surface area contributed by atoms with Crippen molar-refractivity contribution in [1.29, 1.82) is 0 Å². The lowest BCUT2D eigenvalue weighted by Crippen LogP contribution is -2.29. The molecule has 0 N–H and O–H groups in total. The topological polar surface area (TPSA) is 8.17 Å². The molecule has 3 heterocycles. The first-order valence-electron chi connectivity index (χ1n) is 17.7. The van der Waals surface area contributed by atoms with Crippen LogP contribution < -0.4 is 4.90 Å². The van der Waals surface area contributed by atoms with Crippen LogP contribution >= 0.6 is 11.3 Å². The quantitative estimate of drug-likeness (QED) is 0.181. The molecule has 7 aromatic carbocycles. The lowest BCUT2D eigenvalue weighted by molar-refractivity contribution is 0.747. The average Bonchev–Trinajstić information content (AvgIpc) is 3.85. The van der Waals surface area contributed by atoms with Crippen LogP contribution in [0.2, 0.25) is 0 Å². The standard InChI is InChI=1S/C48H32N2S/c1-2-11-31(12-3-1)32-13-10-14-35(27-32)49-44-19-8-5-16-38(44)41-28-33(22-25-45(41)49)34-21-24-39-37-15-4-7-18-43(37)50(46(39)29-34)36-23-26-48-42(30-36)40-17-6-9-20-47(40)51-48/h1-30,39,46H. The van der Waals surface area contributed by atoms with Gasteiger partial charge in [0.25, 0.3) is 0 Å². The maximum absolute atomic E-state index is 2.57. The number of anilines is 2. The number of fused-ring (bicyclic) bond motifs is 9. The third-order valence-corrected chi connectivity index (χ3v) is 12.1. The third-order valence-electron chi connectivity index (χ3n) is 10.9. The van der Waals surface area contributed by atoms with E-state index in [0.717, 1.165) is 0 Å². The van der Waals surface area contributed by atoms with Gasteiger partial charge in [-0.2, -0.15) is 0 Å². The third kappa shape index (κ3) is 4.42. The summed E-state index contributed by atoms with van der Waals surface area (Å²) >= 11 is 1.88. The summed E-state index contributed by atoms with van der Waals surface area (Å²) in [5.41, 5.74) is 12.5. The predicted octanol–water partition coefficient (Wildman–Crippen LogP) is 13.1. The Labute approximate surface area is 300 Å². The molecule has 0 fully saturated rings. The average molecular weight is 669 g/mol. The van der Waals surface area contributed by atoms with Gasteiger partial charge in [0.1, 0.15) is 0 Å². The summed E-state index contributed by atoms with van der Waals surface area (Å²) in [4.78, 5) is 2.57. The Morgan fingerprint density at radius 1 is 0.471 bits per heavy atom. The predicted molar refractivity (Wildman–Crippen MR) is 218 cm³/mol. The highest BCUT2D eigenvalue weighted by Gasteiger charge is 2.38. The molecule has 3 heteroatoms. The van der Waals surface area contributed by atoms with Gasteiger partial charge in [0.15, 0.2) is 0 Å². The maximum atomic E-state index is 2.57. The van der Waals surface area contributed by atoms with E-state index in [1.807, 2.05) is 11.3 Å². The smallest absolute Gasteiger partial charge is 0.0635 e. The van der Waals surface area contributed by atoms with E-state index in [1.165, 1.54) is 86.9 Å². The van der Waals surface area contributed by atoms with Crippen molar-refractivity contribution in [1.82, 2.24) is 4.57 Å². The number of hydrogen-bond donors (Lipinski definition) is 0. The van der Waals surface area contributed by atoms with Crippen molar-refractivity contribution in [2.24, 2.45) is 0 Å². The van der Waals surface area contributed by atoms with Gasteiger partial charge in [0, 0.05) is 53.9 Å². The minimum atomic E-state index is 0.183. The minimum Gasteiger partial charge on any atom is -0.333 e. The molecule has 0 saturated heterocycles. The second-order valence-electron chi connectivity index (χ2n) is 13.7. The molecule has 0 spiro atoms. The first kappa shape index (κ1) is 28.7. The molecule has 11 rings (SSSR count). The molecule has 51 heavy (non-hydrogen) atoms. The fourth-order valence-electron chi connectivity index (χ4n) is 8.59. The zero-order valence-corrected chi connectivity index (χ0v) is 28.6. The Morgan fingerprint density at radius 3 is 2.18 bits per heavy atom. The molecule has 240 valence electrons. The van der Waals surface area contributed by atoms with Crippen LogP contribution in [0.3, 0.4) is 0 Å². The largest absolute Gasteiger partial charge is 0.333 e. The van der Waals surface area contributed by atoms with Crippen LogP contribution in [0.15, 0.2) is 182 Å². The van der Waals surface area contributed by atoms with E-state index < -0.39 is 0 Å². The Bertz CT molecular complexity index is 2890. The summed E-state index contributed by atoms with van der Waals surface area (Å²) in [5, 5.41) is 5.21. The van der Waals surface area contributed by atoms with Crippen molar-refractivity contribution in [3.05, 3.63) is 193 Å². The van der Waals surface area contributed by atoms with Crippen LogP contribution in [-0.2, 0) is 0 Å². The first-order valence-corrected chi connectivity index (χ1v) is 18.5. The van der Waals surface area contributed by atoms with E-state index in [1.54, 1.807) is 0 Å². The zero-order valence-electron chi connectivity index (χ0n) is 27.8. The van der Waals surface area contributed by atoms with Crippen molar-refractivity contribution in [2.75, 3.05) is 4.90 Å². The van der Waals surface area contributed by atoms with Crippen LogP contribution in [0, 0.1) is 0 Å². The SMILES string of the molecule is C1=CC2c3ccccc3N(c3ccc4sc5ccccc5c4c3)C2C=C1c1ccc2c(c1)c1ccccc1n2-c1cccc(-c2ccccc2)c1. The highest BCUT2D eigenvalue weighted by Crippen LogP contribution is 2.50. The minimum absolute atomic E-state index is 0.183. The molecule has 1 aliphatic carbocycles.